The number of rotatable bonds is 1. The Hall–Kier alpha value is -1.52. The van der Waals surface area contributed by atoms with Crippen molar-refractivity contribution in [2.24, 2.45) is 0 Å². The average Bonchev–Trinajstić information content (AvgIpc) is 2.76. The van der Waals surface area contributed by atoms with Gasteiger partial charge in [-0.15, -0.1) is 0 Å². The predicted molar refractivity (Wildman–Crippen MR) is 75.8 cm³/mol. The van der Waals surface area contributed by atoms with Gasteiger partial charge < -0.3 is 10.6 Å². The van der Waals surface area contributed by atoms with Crippen LogP contribution >= 0.6 is 23.2 Å². The van der Waals surface area contributed by atoms with Gasteiger partial charge in [0.25, 0.3) is 0 Å². The number of halogens is 3. The molecule has 2 aromatic rings. The van der Waals surface area contributed by atoms with Crippen molar-refractivity contribution in [3.63, 3.8) is 0 Å². The van der Waals surface area contributed by atoms with Gasteiger partial charge in [-0.05, 0) is 30.2 Å². The van der Waals surface area contributed by atoms with Gasteiger partial charge in [-0.2, -0.15) is 0 Å². The zero-order valence-electron chi connectivity index (χ0n) is 9.83. The molecule has 3 nitrogen and oxygen atoms in total. The third kappa shape index (κ3) is 2.11. The SMILES string of the molecule is Nc1nc(N2CCc3ccc(F)cc32)c(Cl)cc1Cl. The summed E-state index contributed by atoms with van der Waals surface area (Å²) < 4.78 is 13.4. The number of aromatic nitrogens is 1. The lowest BCUT2D eigenvalue weighted by Gasteiger charge is -2.20. The molecule has 6 heteroatoms. The van der Waals surface area contributed by atoms with Crippen LogP contribution in [0.3, 0.4) is 0 Å². The molecule has 0 fully saturated rings. The molecule has 1 aromatic heterocycles. The Morgan fingerprint density at radius 3 is 2.79 bits per heavy atom. The van der Waals surface area contributed by atoms with Crippen LogP contribution in [0.25, 0.3) is 0 Å². The van der Waals surface area contributed by atoms with E-state index >= 15 is 0 Å². The minimum absolute atomic E-state index is 0.214. The molecule has 2 heterocycles. The van der Waals surface area contributed by atoms with E-state index in [0.717, 1.165) is 17.7 Å². The van der Waals surface area contributed by atoms with Crippen molar-refractivity contribution in [2.45, 2.75) is 6.42 Å². The van der Waals surface area contributed by atoms with E-state index in [9.17, 15) is 4.39 Å². The van der Waals surface area contributed by atoms with E-state index in [0.29, 0.717) is 22.4 Å². The van der Waals surface area contributed by atoms with E-state index in [-0.39, 0.29) is 11.6 Å². The summed E-state index contributed by atoms with van der Waals surface area (Å²) in [6.45, 7) is 0.687. The fourth-order valence-corrected chi connectivity index (χ4v) is 2.69. The van der Waals surface area contributed by atoms with E-state index in [4.69, 9.17) is 28.9 Å². The van der Waals surface area contributed by atoms with Crippen molar-refractivity contribution >= 4 is 40.5 Å². The fraction of sp³-hybridized carbons (Fsp3) is 0.154. The molecule has 3 rings (SSSR count). The van der Waals surface area contributed by atoms with Crippen molar-refractivity contribution in [2.75, 3.05) is 17.2 Å². The Bertz CT molecular complexity index is 661. The molecule has 0 unspecified atom stereocenters. The van der Waals surface area contributed by atoms with Crippen LogP contribution in [0.15, 0.2) is 24.3 Å². The molecule has 2 N–H and O–H groups in total. The molecule has 0 saturated heterocycles. The molecule has 0 bridgehead atoms. The number of benzene rings is 1. The first-order chi connectivity index (χ1) is 9.06. The summed E-state index contributed by atoms with van der Waals surface area (Å²) in [7, 11) is 0. The lowest BCUT2D eigenvalue weighted by molar-refractivity contribution is 0.628. The fourth-order valence-electron chi connectivity index (χ4n) is 2.23. The number of fused-ring (bicyclic) bond motifs is 1. The van der Waals surface area contributed by atoms with Crippen LogP contribution < -0.4 is 10.6 Å². The second kappa shape index (κ2) is 4.54. The van der Waals surface area contributed by atoms with Crippen LogP contribution in [-0.4, -0.2) is 11.5 Å². The summed E-state index contributed by atoms with van der Waals surface area (Å²) in [6, 6.07) is 6.26. The van der Waals surface area contributed by atoms with Crippen molar-refractivity contribution in [1.29, 1.82) is 0 Å². The lowest BCUT2D eigenvalue weighted by atomic mass is 10.2. The smallest absolute Gasteiger partial charge is 0.154 e. The van der Waals surface area contributed by atoms with Crippen molar-refractivity contribution < 1.29 is 4.39 Å². The molecular weight excluding hydrogens is 288 g/mol. The van der Waals surface area contributed by atoms with E-state index in [1.165, 1.54) is 12.1 Å². The first-order valence-electron chi connectivity index (χ1n) is 5.74. The molecule has 0 saturated carbocycles. The predicted octanol–water partition coefficient (Wildman–Crippen LogP) is 3.80. The van der Waals surface area contributed by atoms with Gasteiger partial charge in [0.1, 0.15) is 11.6 Å². The second-order valence-corrected chi connectivity index (χ2v) is 5.15. The number of hydrogen-bond acceptors (Lipinski definition) is 3. The minimum atomic E-state index is -0.288. The highest BCUT2D eigenvalue weighted by molar-refractivity contribution is 6.37. The Kier molecular flexibility index (Phi) is 2.99. The highest BCUT2D eigenvalue weighted by Gasteiger charge is 2.24. The average molecular weight is 298 g/mol. The maximum Gasteiger partial charge on any atom is 0.154 e. The van der Waals surface area contributed by atoms with Crippen LogP contribution in [0, 0.1) is 5.82 Å². The molecule has 98 valence electrons. The summed E-state index contributed by atoms with van der Waals surface area (Å²) in [4.78, 5) is 6.05. The minimum Gasteiger partial charge on any atom is -0.382 e. The number of pyridine rings is 1. The van der Waals surface area contributed by atoms with Crippen molar-refractivity contribution in [3.8, 4) is 0 Å². The summed E-state index contributed by atoms with van der Waals surface area (Å²) >= 11 is 12.0. The van der Waals surface area contributed by atoms with E-state index in [2.05, 4.69) is 4.98 Å². The van der Waals surface area contributed by atoms with Crippen LogP contribution in [0.1, 0.15) is 5.56 Å². The largest absolute Gasteiger partial charge is 0.382 e. The summed E-state index contributed by atoms with van der Waals surface area (Å²) in [6.07, 6.45) is 0.816. The highest BCUT2D eigenvalue weighted by atomic mass is 35.5. The number of nitrogens with two attached hydrogens (primary N) is 1. The molecule has 1 aliphatic heterocycles. The van der Waals surface area contributed by atoms with Crippen molar-refractivity contribution in [3.05, 3.63) is 45.7 Å². The van der Waals surface area contributed by atoms with Gasteiger partial charge in [0.2, 0.25) is 0 Å². The van der Waals surface area contributed by atoms with Crippen molar-refractivity contribution in [1.82, 2.24) is 4.98 Å². The molecular formula is C13H10Cl2FN3. The molecule has 0 amide bonds. The molecule has 0 radical (unpaired) electrons. The van der Waals surface area contributed by atoms with Crippen LogP contribution in [0.2, 0.25) is 10.0 Å². The zero-order valence-corrected chi connectivity index (χ0v) is 11.3. The summed E-state index contributed by atoms with van der Waals surface area (Å²) in [5.41, 5.74) is 7.54. The summed E-state index contributed by atoms with van der Waals surface area (Å²) in [5, 5.41) is 0.712. The Labute approximate surface area is 119 Å². The maximum atomic E-state index is 13.4. The Morgan fingerprint density at radius 1 is 1.21 bits per heavy atom. The first-order valence-corrected chi connectivity index (χ1v) is 6.49. The summed E-state index contributed by atoms with van der Waals surface area (Å²) in [5.74, 6) is 0.433. The monoisotopic (exact) mass is 297 g/mol. The van der Waals surface area contributed by atoms with Crippen LogP contribution in [0.5, 0.6) is 0 Å². The van der Waals surface area contributed by atoms with E-state index in [1.807, 2.05) is 4.90 Å². The molecule has 1 aromatic carbocycles. The zero-order chi connectivity index (χ0) is 13.6. The van der Waals surface area contributed by atoms with E-state index in [1.54, 1.807) is 12.1 Å². The molecule has 0 aliphatic carbocycles. The van der Waals surface area contributed by atoms with E-state index < -0.39 is 0 Å². The number of hydrogen-bond donors (Lipinski definition) is 1. The quantitative estimate of drug-likeness (QED) is 0.870. The number of anilines is 3. The van der Waals surface area contributed by atoms with Gasteiger partial charge in [0.15, 0.2) is 5.82 Å². The number of nitrogens with zero attached hydrogens (tertiary/aromatic N) is 2. The Balaban J connectivity index is 2.11. The third-order valence-electron chi connectivity index (χ3n) is 3.14. The molecule has 1 aliphatic rings. The second-order valence-electron chi connectivity index (χ2n) is 4.34. The van der Waals surface area contributed by atoms with Gasteiger partial charge in [-0.1, -0.05) is 29.3 Å². The van der Waals surface area contributed by atoms with Gasteiger partial charge in [-0.3, -0.25) is 0 Å². The normalized spacial score (nSPS) is 13.7. The lowest BCUT2D eigenvalue weighted by Crippen LogP contribution is -2.16. The Morgan fingerprint density at radius 2 is 2.00 bits per heavy atom. The standard InChI is InChI=1S/C13H10Cl2FN3/c14-9-6-10(15)13(18-12(9)17)19-4-3-7-1-2-8(16)5-11(7)19/h1-2,5-6H,3-4H2,(H2,17,18). The molecule has 0 atom stereocenters. The first kappa shape index (κ1) is 12.5. The van der Waals surface area contributed by atoms with Gasteiger partial charge in [0, 0.05) is 12.2 Å². The highest BCUT2D eigenvalue weighted by Crippen LogP contribution is 2.39. The van der Waals surface area contributed by atoms with Crippen LogP contribution in [0.4, 0.5) is 21.7 Å². The van der Waals surface area contributed by atoms with Gasteiger partial charge >= 0.3 is 0 Å². The maximum absolute atomic E-state index is 13.4. The molecule has 0 spiro atoms. The topological polar surface area (TPSA) is 42.1 Å². The molecule has 19 heavy (non-hydrogen) atoms. The van der Waals surface area contributed by atoms with Gasteiger partial charge in [0.05, 0.1) is 10.0 Å². The number of nitrogen functional groups attached to an aromatic ring is 1. The van der Waals surface area contributed by atoms with Crippen LogP contribution in [-0.2, 0) is 6.42 Å². The van der Waals surface area contributed by atoms with Gasteiger partial charge in [-0.25, -0.2) is 9.37 Å². The third-order valence-corrected chi connectivity index (χ3v) is 3.72.